The fraction of sp³-hybridized carbons (Fsp3) is 0.281. The summed E-state index contributed by atoms with van der Waals surface area (Å²) in [6.07, 6.45) is -2.73. The summed E-state index contributed by atoms with van der Waals surface area (Å²) >= 11 is 0. The summed E-state index contributed by atoms with van der Waals surface area (Å²) in [6, 6.07) is 18.1. The van der Waals surface area contributed by atoms with Gasteiger partial charge >= 0.3 is 6.36 Å². The lowest BCUT2D eigenvalue weighted by atomic mass is 9.95. The molecule has 3 aromatic carbocycles. The zero-order chi connectivity index (χ0) is 31.9. The summed E-state index contributed by atoms with van der Waals surface area (Å²) in [5, 5.41) is 6.85. The average Bonchev–Trinajstić information content (AvgIpc) is 2.99. The predicted octanol–water partition coefficient (Wildman–Crippen LogP) is 6.03. The fourth-order valence-corrected chi connectivity index (χ4v) is 4.75. The van der Waals surface area contributed by atoms with Crippen LogP contribution in [-0.4, -0.2) is 48.8 Å². The molecule has 0 bridgehead atoms. The van der Waals surface area contributed by atoms with Gasteiger partial charge in [-0.2, -0.15) is 0 Å². The summed E-state index contributed by atoms with van der Waals surface area (Å²) in [7, 11) is 3.02. The number of likely N-dealkylation sites (N-methyl/N-ethyl adjacent to an activating group) is 1. The van der Waals surface area contributed by atoms with Gasteiger partial charge in [-0.3, -0.25) is 14.4 Å². The number of H-pyrrole nitrogens is 1. The lowest BCUT2D eigenvalue weighted by molar-refractivity contribution is -0.275. The first-order valence-corrected chi connectivity index (χ1v) is 13.8. The number of benzene rings is 3. The van der Waals surface area contributed by atoms with Crippen molar-refractivity contribution in [2.24, 2.45) is 0 Å². The highest BCUT2D eigenvalue weighted by Crippen LogP contribution is 2.31. The van der Waals surface area contributed by atoms with Crippen molar-refractivity contribution in [1.82, 2.24) is 9.88 Å². The highest BCUT2D eigenvalue weighted by Gasteiger charge is 2.32. The van der Waals surface area contributed by atoms with Gasteiger partial charge < -0.3 is 30.0 Å². The maximum atomic E-state index is 13.1. The second-order valence-corrected chi connectivity index (χ2v) is 10.3. The molecule has 4 aromatic rings. The number of carbonyl (C=O) groups excluding carboxylic acids is 2. The molecule has 0 aliphatic rings. The van der Waals surface area contributed by atoms with Crippen LogP contribution in [0.1, 0.15) is 36.8 Å². The van der Waals surface area contributed by atoms with Crippen molar-refractivity contribution in [3.63, 3.8) is 0 Å². The topological polar surface area (TPSA) is 113 Å². The van der Waals surface area contributed by atoms with E-state index in [1.165, 1.54) is 30.3 Å². The van der Waals surface area contributed by atoms with Gasteiger partial charge in [-0.05, 0) is 65.8 Å². The lowest BCUT2D eigenvalue weighted by Gasteiger charge is -2.21. The van der Waals surface area contributed by atoms with Crippen molar-refractivity contribution >= 4 is 34.0 Å². The van der Waals surface area contributed by atoms with Gasteiger partial charge in [0, 0.05) is 48.5 Å². The highest BCUT2D eigenvalue weighted by atomic mass is 19.4. The second-order valence-electron chi connectivity index (χ2n) is 10.3. The predicted molar refractivity (Wildman–Crippen MR) is 162 cm³/mol. The van der Waals surface area contributed by atoms with Crippen LogP contribution in [0.25, 0.3) is 10.8 Å². The Morgan fingerprint density at radius 2 is 1.75 bits per heavy atom. The summed E-state index contributed by atoms with van der Waals surface area (Å²) < 4.78 is 49.0. The number of carbonyl (C=O) groups is 2. The molecule has 1 heterocycles. The van der Waals surface area contributed by atoms with Crippen molar-refractivity contribution < 1.29 is 32.2 Å². The first kappa shape index (κ1) is 31.9. The molecule has 0 saturated heterocycles. The molecule has 4 rings (SSSR count). The van der Waals surface area contributed by atoms with Gasteiger partial charge in [0.2, 0.25) is 11.8 Å². The number of para-hydroxylation sites is 1. The molecular formula is C32H33F3N4O5. The van der Waals surface area contributed by atoms with Gasteiger partial charge in [-0.15, -0.1) is 13.2 Å². The van der Waals surface area contributed by atoms with E-state index in [2.05, 4.69) is 20.4 Å². The Morgan fingerprint density at radius 1 is 1.00 bits per heavy atom. The second kappa shape index (κ2) is 14.0. The number of pyridine rings is 1. The molecule has 232 valence electrons. The molecule has 1 atom stereocenters. The molecule has 9 nitrogen and oxygen atoms in total. The number of anilines is 2. The number of aromatic amines is 1. The lowest BCUT2D eigenvalue weighted by Crippen LogP contribution is -2.32. The Balaban J connectivity index is 1.41. The fourth-order valence-electron chi connectivity index (χ4n) is 4.75. The maximum absolute atomic E-state index is 13.1. The number of hydrogen-bond donors (Lipinski definition) is 3. The van der Waals surface area contributed by atoms with Crippen LogP contribution in [0.3, 0.4) is 0 Å². The van der Waals surface area contributed by atoms with E-state index in [0.29, 0.717) is 17.5 Å². The van der Waals surface area contributed by atoms with Crippen molar-refractivity contribution in [3.8, 4) is 11.5 Å². The van der Waals surface area contributed by atoms with E-state index in [9.17, 15) is 27.6 Å². The summed E-state index contributed by atoms with van der Waals surface area (Å²) in [5.41, 5.74) is 1.54. The number of fused-ring (bicyclic) bond motifs is 1. The van der Waals surface area contributed by atoms with Crippen molar-refractivity contribution in [2.45, 2.75) is 38.6 Å². The Kier molecular flexibility index (Phi) is 10.1. The average molecular weight is 611 g/mol. The molecule has 0 aliphatic heterocycles. The van der Waals surface area contributed by atoms with Crippen molar-refractivity contribution in [1.29, 1.82) is 0 Å². The summed E-state index contributed by atoms with van der Waals surface area (Å²) in [4.78, 5) is 41.5. The number of aromatic nitrogens is 1. The van der Waals surface area contributed by atoms with E-state index in [1.807, 2.05) is 31.2 Å². The molecule has 0 aliphatic carbocycles. The molecule has 0 fully saturated rings. The number of hydrogen-bond acceptors (Lipinski definition) is 6. The van der Waals surface area contributed by atoms with E-state index >= 15 is 0 Å². The molecule has 0 unspecified atom stereocenters. The molecule has 44 heavy (non-hydrogen) atoms. The third-order valence-electron chi connectivity index (χ3n) is 7.10. The van der Waals surface area contributed by atoms with Gasteiger partial charge in [0.15, 0.2) is 0 Å². The first-order chi connectivity index (χ1) is 20.9. The minimum atomic E-state index is -4.95. The Morgan fingerprint density at radius 3 is 2.50 bits per heavy atom. The van der Waals surface area contributed by atoms with Gasteiger partial charge in [0.1, 0.15) is 11.5 Å². The normalized spacial score (nSPS) is 12.0. The molecule has 3 N–H and O–H groups in total. The van der Waals surface area contributed by atoms with E-state index in [-0.39, 0.29) is 48.1 Å². The van der Waals surface area contributed by atoms with E-state index in [4.69, 9.17) is 4.74 Å². The molecule has 12 heteroatoms. The maximum Gasteiger partial charge on any atom is 0.573 e. The highest BCUT2D eigenvalue weighted by molar-refractivity contribution is 5.91. The molecule has 1 aromatic heterocycles. The monoisotopic (exact) mass is 610 g/mol. The van der Waals surface area contributed by atoms with E-state index in [0.717, 1.165) is 22.8 Å². The van der Waals surface area contributed by atoms with Crippen LogP contribution in [-0.2, 0) is 16.1 Å². The number of alkyl halides is 3. The van der Waals surface area contributed by atoms with Gasteiger partial charge in [-0.25, -0.2) is 0 Å². The molecule has 0 saturated carbocycles. The number of nitrogens with one attached hydrogen (secondary N) is 3. The van der Waals surface area contributed by atoms with Gasteiger partial charge in [0.05, 0.1) is 13.7 Å². The number of nitrogens with zero attached hydrogens (tertiary/aromatic N) is 1. The zero-order valence-corrected chi connectivity index (χ0v) is 24.5. The van der Waals surface area contributed by atoms with Crippen molar-refractivity contribution in [3.05, 3.63) is 94.4 Å². The third kappa shape index (κ3) is 8.52. The van der Waals surface area contributed by atoms with Crippen LogP contribution in [0, 0.1) is 0 Å². The number of rotatable bonds is 12. The van der Waals surface area contributed by atoms with Crippen LogP contribution in [0.15, 0.2) is 77.7 Å². The minimum absolute atomic E-state index is 0.0265. The van der Waals surface area contributed by atoms with E-state index < -0.39 is 18.0 Å². The quantitative estimate of drug-likeness (QED) is 0.181. The third-order valence-corrected chi connectivity index (χ3v) is 7.10. The smallest absolute Gasteiger partial charge is 0.496 e. The summed E-state index contributed by atoms with van der Waals surface area (Å²) in [6.45, 7) is 1.58. The first-order valence-electron chi connectivity index (χ1n) is 13.8. The number of methoxy groups -OCH3 is 1. The van der Waals surface area contributed by atoms with Crippen LogP contribution in [0.2, 0.25) is 0 Å². The Labute approximate surface area is 252 Å². The van der Waals surface area contributed by atoms with Crippen LogP contribution < -0.4 is 25.7 Å². The molecule has 2 amide bonds. The number of halogens is 3. The Hall–Kier alpha value is -5.00. The van der Waals surface area contributed by atoms with Crippen LogP contribution >= 0.6 is 0 Å². The largest absolute Gasteiger partial charge is 0.573 e. The standard InChI is InChI=1S/C32H33F3N4O5/c1-20(25-6-4-5-7-28(25)43-3)8-13-29(40)38-24-11-12-27(44-32(33,34)35)22(16-24)19-39(2)30(41)18-37-23-10-9-21-14-15-36-31(42)26(21)17-23/h4-7,9-12,14-17,20,37H,8,13,18-19H2,1-3H3,(H,36,42)(H,38,40)/t20-/m0/s1. The van der Waals surface area contributed by atoms with Crippen LogP contribution in [0.4, 0.5) is 24.5 Å². The Bertz CT molecular complexity index is 1690. The number of ether oxygens (including phenoxy) is 2. The number of amides is 2. The molecule has 0 spiro atoms. The van der Waals surface area contributed by atoms with Crippen molar-refractivity contribution in [2.75, 3.05) is 31.3 Å². The summed E-state index contributed by atoms with van der Waals surface area (Å²) in [5.74, 6) is -0.471. The van der Waals surface area contributed by atoms with Gasteiger partial charge in [0.25, 0.3) is 5.56 Å². The van der Waals surface area contributed by atoms with Crippen LogP contribution in [0.5, 0.6) is 11.5 Å². The van der Waals surface area contributed by atoms with E-state index in [1.54, 1.807) is 31.4 Å². The molecule has 0 radical (unpaired) electrons. The minimum Gasteiger partial charge on any atom is -0.496 e. The van der Waals surface area contributed by atoms with Gasteiger partial charge in [-0.1, -0.05) is 31.2 Å². The molecular weight excluding hydrogens is 577 g/mol. The SMILES string of the molecule is COc1ccccc1[C@@H](C)CCC(=O)Nc1ccc(OC(F)(F)F)c(CN(C)C(=O)CNc2ccc3cc[nH]c(=O)c3c2)c1. The zero-order valence-electron chi connectivity index (χ0n) is 24.5.